The maximum Gasteiger partial charge on any atom is 0.259 e. The first kappa shape index (κ1) is 17.5. The topological polar surface area (TPSA) is 109 Å². The summed E-state index contributed by atoms with van der Waals surface area (Å²) in [6.45, 7) is 1.77. The van der Waals surface area contributed by atoms with Gasteiger partial charge in [-0.2, -0.15) is 15.0 Å². The van der Waals surface area contributed by atoms with E-state index >= 15 is 0 Å². The highest BCUT2D eigenvalue weighted by Gasteiger charge is 2.20. The summed E-state index contributed by atoms with van der Waals surface area (Å²) in [6, 6.07) is 0. The molecule has 136 valence electrons. The minimum absolute atomic E-state index is 0.0247. The molecular formula is C14H22N8O2S. The summed E-state index contributed by atoms with van der Waals surface area (Å²) in [5, 5.41) is -0.0309. The zero-order valence-corrected chi connectivity index (χ0v) is 15.4. The second kappa shape index (κ2) is 6.92. The van der Waals surface area contributed by atoms with Crippen LogP contribution in [0.1, 0.15) is 18.7 Å². The summed E-state index contributed by atoms with van der Waals surface area (Å²) >= 11 is 0. The maximum atomic E-state index is 12.3. The van der Waals surface area contributed by atoms with E-state index in [0.717, 1.165) is 25.9 Å². The molecule has 0 unspecified atom stereocenters. The average Bonchev–Trinajstić information content (AvgIpc) is 3.24. The minimum Gasteiger partial charge on any atom is -0.347 e. The van der Waals surface area contributed by atoms with Crippen LogP contribution in [-0.2, 0) is 23.6 Å². The number of anilines is 2. The molecule has 3 rings (SSSR count). The number of rotatable bonds is 6. The number of nitrogens with zero attached hydrogens (tertiary/aromatic N) is 7. The molecule has 1 aliphatic heterocycles. The van der Waals surface area contributed by atoms with Crippen molar-refractivity contribution in [2.45, 2.75) is 24.4 Å². The van der Waals surface area contributed by atoms with Crippen LogP contribution in [0.2, 0.25) is 0 Å². The van der Waals surface area contributed by atoms with Crippen LogP contribution in [-0.4, -0.2) is 60.1 Å². The van der Waals surface area contributed by atoms with Gasteiger partial charge in [-0.3, -0.25) is 0 Å². The van der Waals surface area contributed by atoms with Gasteiger partial charge in [0.15, 0.2) is 10.9 Å². The van der Waals surface area contributed by atoms with Gasteiger partial charge < -0.3 is 14.4 Å². The van der Waals surface area contributed by atoms with Gasteiger partial charge in [0, 0.05) is 40.4 Å². The minimum atomic E-state index is -3.71. The van der Waals surface area contributed by atoms with Crippen LogP contribution >= 0.6 is 0 Å². The molecule has 1 saturated heterocycles. The maximum absolute atomic E-state index is 12.3. The third-order valence-corrected chi connectivity index (χ3v) is 5.11. The van der Waals surface area contributed by atoms with Crippen LogP contribution in [0.3, 0.4) is 0 Å². The van der Waals surface area contributed by atoms with Crippen molar-refractivity contribution in [3.05, 3.63) is 18.3 Å². The molecule has 0 bridgehead atoms. The predicted octanol–water partition coefficient (Wildman–Crippen LogP) is -0.250. The third-order valence-electron chi connectivity index (χ3n) is 3.82. The van der Waals surface area contributed by atoms with Crippen LogP contribution in [0.5, 0.6) is 0 Å². The van der Waals surface area contributed by atoms with Crippen molar-refractivity contribution in [2.24, 2.45) is 7.05 Å². The monoisotopic (exact) mass is 366 g/mol. The molecule has 0 spiro atoms. The zero-order chi connectivity index (χ0) is 18.0. The van der Waals surface area contributed by atoms with E-state index in [1.54, 1.807) is 16.5 Å². The lowest BCUT2D eigenvalue weighted by molar-refractivity contribution is 0.575. The van der Waals surface area contributed by atoms with Gasteiger partial charge >= 0.3 is 0 Å². The molecule has 3 heterocycles. The molecule has 0 atom stereocenters. The Hall–Kier alpha value is -2.27. The molecule has 0 aliphatic carbocycles. The first-order valence-corrected chi connectivity index (χ1v) is 9.48. The Bertz CT molecular complexity index is 842. The summed E-state index contributed by atoms with van der Waals surface area (Å²) in [6.07, 6.45) is 5.08. The smallest absolute Gasteiger partial charge is 0.259 e. The number of aryl methyl sites for hydroxylation is 1. The quantitative estimate of drug-likeness (QED) is 0.745. The molecule has 10 nitrogen and oxygen atoms in total. The summed E-state index contributed by atoms with van der Waals surface area (Å²) in [5.41, 5.74) is 0. The number of hydrogen-bond acceptors (Lipinski definition) is 8. The first-order chi connectivity index (χ1) is 11.8. The molecule has 0 amide bonds. The van der Waals surface area contributed by atoms with Crippen LogP contribution in [0, 0.1) is 0 Å². The van der Waals surface area contributed by atoms with Gasteiger partial charge in [0.1, 0.15) is 0 Å². The molecule has 1 fully saturated rings. The summed E-state index contributed by atoms with van der Waals surface area (Å²) in [7, 11) is 1.68. The van der Waals surface area contributed by atoms with Crippen molar-refractivity contribution in [1.29, 1.82) is 0 Å². The van der Waals surface area contributed by atoms with Crippen molar-refractivity contribution in [1.82, 2.24) is 29.2 Å². The highest BCUT2D eigenvalue weighted by Crippen LogP contribution is 2.18. The Balaban J connectivity index is 1.81. The molecule has 0 radical (unpaired) electrons. The number of sulfonamides is 1. The lowest BCUT2D eigenvalue weighted by Gasteiger charge is -2.18. The average molecular weight is 366 g/mol. The van der Waals surface area contributed by atoms with Crippen LogP contribution in [0.25, 0.3) is 0 Å². The van der Waals surface area contributed by atoms with Gasteiger partial charge in [0.2, 0.25) is 11.9 Å². The highest BCUT2D eigenvalue weighted by atomic mass is 32.2. The molecular weight excluding hydrogens is 344 g/mol. The van der Waals surface area contributed by atoms with Gasteiger partial charge in [-0.1, -0.05) is 0 Å². The van der Waals surface area contributed by atoms with E-state index < -0.39 is 10.0 Å². The molecule has 25 heavy (non-hydrogen) atoms. The molecule has 1 aliphatic rings. The molecule has 0 saturated carbocycles. The van der Waals surface area contributed by atoms with E-state index in [1.807, 2.05) is 14.1 Å². The van der Waals surface area contributed by atoms with E-state index in [1.165, 1.54) is 12.5 Å². The van der Waals surface area contributed by atoms with E-state index in [4.69, 9.17) is 0 Å². The zero-order valence-electron chi connectivity index (χ0n) is 14.5. The molecule has 1 N–H and O–H groups in total. The third kappa shape index (κ3) is 4.04. The Labute approximate surface area is 147 Å². The number of imidazole rings is 1. The van der Waals surface area contributed by atoms with Crippen LogP contribution in [0.15, 0.2) is 17.6 Å². The van der Waals surface area contributed by atoms with Crippen LogP contribution < -0.4 is 14.5 Å². The fourth-order valence-electron chi connectivity index (χ4n) is 2.49. The predicted molar refractivity (Wildman–Crippen MR) is 92.8 cm³/mol. The standard InChI is InChI=1S/C14H22N8O2S/c1-20(2)13-17-11(18-14(19-13)22-6-4-5-7-22)8-16-25(23,24)12-9-21(3)10-15-12/h9-10,16H,4-8H2,1-3H3. The fourth-order valence-corrected chi connectivity index (χ4v) is 3.45. The molecule has 11 heteroatoms. The number of aromatic nitrogens is 5. The number of nitrogens with one attached hydrogen (secondary N) is 1. The molecule has 2 aromatic heterocycles. The van der Waals surface area contributed by atoms with Gasteiger partial charge in [-0.05, 0) is 12.8 Å². The van der Waals surface area contributed by atoms with Crippen molar-refractivity contribution in [3.8, 4) is 0 Å². The van der Waals surface area contributed by atoms with Crippen molar-refractivity contribution in [3.63, 3.8) is 0 Å². The Morgan fingerprint density at radius 3 is 2.52 bits per heavy atom. The second-order valence-corrected chi connectivity index (χ2v) is 7.86. The lowest BCUT2D eigenvalue weighted by atomic mass is 10.4. The van der Waals surface area contributed by atoms with Gasteiger partial charge in [-0.15, -0.1) is 0 Å². The van der Waals surface area contributed by atoms with E-state index in [-0.39, 0.29) is 11.6 Å². The van der Waals surface area contributed by atoms with E-state index in [0.29, 0.717) is 17.7 Å². The Kier molecular flexibility index (Phi) is 4.86. The largest absolute Gasteiger partial charge is 0.347 e. The summed E-state index contributed by atoms with van der Waals surface area (Å²) in [4.78, 5) is 20.9. The van der Waals surface area contributed by atoms with Gasteiger partial charge in [-0.25, -0.2) is 18.1 Å². The van der Waals surface area contributed by atoms with E-state index in [9.17, 15) is 8.42 Å². The summed E-state index contributed by atoms with van der Waals surface area (Å²) in [5.74, 6) is 1.47. The fraction of sp³-hybridized carbons (Fsp3) is 0.571. The Morgan fingerprint density at radius 2 is 1.92 bits per heavy atom. The molecule has 2 aromatic rings. The van der Waals surface area contributed by atoms with Crippen LogP contribution in [0.4, 0.5) is 11.9 Å². The lowest BCUT2D eigenvalue weighted by Crippen LogP contribution is -2.28. The first-order valence-electron chi connectivity index (χ1n) is 8.00. The van der Waals surface area contributed by atoms with Gasteiger partial charge in [0.25, 0.3) is 10.0 Å². The SMILES string of the molecule is CN(C)c1nc(CNS(=O)(=O)c2cn(C)cn2)nc(N2CCCC2)n1. The van der Waals surface area contributed by atoms with Crippen molar-refractivity contribution < 1.29 is 8.42 Å². The normalized spacial score (nSPS) is 14.9. The molecule has 0 aromatic carbocycles. The Morgan fingerprint density at radius 1 is 1.20 bits per heavy atom. The second-order valence-electron chi connectivity index (χ2n) is 6.14. The van der Waals surface area contributed by atoms with E-state index in [2.05, 4.69) is 29.6 Å². The summed E-state index contributed by atoms with van der Waals surface area (Å²) < 4.78 is 28.7. The van der Waals surface area contributed by atoms with Crippen molar-refractivity contribution in [2.75, 3.05) is 37.0 Å². The van der Waals surface area contributed by atoms with Gasteiger partial charge in [0.05, 0.1) is 12.9 Å². The number of hydrogen-bond donors (Lipinski definition) is 1. The van der Waals surface area contributed by atoms with Crippen molar-refractivity contribution >= 4 is 21.9 Å². The highest BCUT2D eigenvalue weighted by molar-refractivity contribution is 7.89.